The zero-order chi connectivity index (χ0) is 37.5. The monoisotopic (exact) mass is 711 g/mol. The second kappa shape index (κ2) is 15.9. The van der Waals surface area contributed by atoms with Crippen molar-refractivity contribution in [3.05, 3.63) is 95.1 Å². The normalized spacial score (nSPS) is 14.2. The summed E-state index contributed by atoms with van der Waals surface area (Å²) in [5, 5.41) is 10.9. The standard InChI is InChI=1S/C40H49N5O7/c1-38(2,3)51-35(47)43-34(44-36(48)52-39(4,5)6)42-22-14-13-21-41-33(46)40(23-26-15-7-8-16-27(26)24-40)45-37(49)50-25-32-30-19-11-9-17-28(30)29-18-10-12-20-31(29)32/h7-12,15-20,32H,13-14,21-25H2,1-6H3,(H,41,46)(H,45,49)(H2,42,43,44,47,48). The molecule has 0 aliphatic heterocycles. The molecule has 3 aromatic carbocycles. The van der Waals surface area contributed by atoms with Crippen LogP contribution >= 0.6 is 0 Å². The van der Waals surface area contributed by atoms with E-state index in [1.54, 1.807) is 41.5 Å². The predicted molar refractivity (Wildman–Crippen MR) is 198 cm³/mol. The molecule has 276 valence electrons. The molecule has 0 atom stereocenters. The van der Waals surface area contributed by atoms with Gasteiger partial charge in [0.05, 0.1) is 0 Å². The van der Waals surface area contributed by atoms with E-state index in [1.807, 2.05) is 48.5 Å². The fraction of sp³-hybridized carbons (Fsp3) is 0.425. The van der Waals surface area contributed by atoms with E-state index in [2.05, 4.69) is 50.5 Å². The molecule has 0 heterocycles. The molecule has 0 bridgehead atoms. The number of aliphatic imine (C=N–C) groups is 1. The molecule has 4 amide bonds. The lowest BCUT2D eigenvalue weighted by molar-refractivity contribution is -0.127. The van der Waals surface area contributed by atoms with Gasteiger partial charge in [-0.05, 0) is 87.8 Å². The van der Waals surface area contributed by atoms with Crippen LogP contribution in [0.4, 0.5) is 14.4 Å². The number of ether oxygens (including phenoxy) is 3. The number of carbonyl (C=O) groups is 4. The summed E-state index contributed by atoms with van der Waals surface area (Å²) in [6.45, 7) is 11.0. The molecule has 12 nitrogen and oxygen atoms in total. The fourth-order valence-corrected chi connectivity index (χ4v) is 6.46. The van der Waals surface area contributed by atoms with E-state index in [1.165, 1.54) is 0 Å². The lowest BCUT2D eigenvalue weighted by Crippen LogP contribution is -2.60. The van der Waals surface area contributed by atoms with Gasteiger partial charge in [0.15, 0.2) is 0 Å². The first kappa shape index (κ1) is 37.9. The summed E-state index contributed by atoms with van der Waals surface area (Å²) in [6.07, 6.45) is -0.485. The number of hydrogen-bond acceptors (Lipinski definition) is 8. The summed E-state index contributed by atoms with van der Waals surface area (Å²) < 4.78 is 16.4. The highest BCUT2D eigenvalue weighted by molar-refractivity contribution is 6.01. The molecule has 3 aromatic rings. The van der Waals surface area contributed by atoms with Crippen molar-refractivity contribution in [3.63, 3.8) is 0 Å². The SMILES string of the molecule is CC(C)(C)OC(=O)NC(=NCCCCNC(=O)C1(NC(=O)OCC2c3ccccc3-c3ccccc32)Cc2ccccc2C1)NC(=O)OC(C)(C)C. The summed E-state index contributed by atoms with van der Waals surface area (Å²) in [5.74, 6) is -0.521. The molecule has 52 heavy (non-hydrogen) atoms. The van der Waals surface area contributed by atoms with Crippen LogP contribution in [0.3, 0.4) is 0 Å². The number of nitrogens with zero attached hydrogens (tertiary/aromatic N) is 1. The highest BCUT2D eigenvalue weighted by Crippen LogP contribution is 2.44. The van der Waals surface area contributed by atoms with Crippen molar-refractivity contribution in [1.82, 2.24) is 21.3 Å². The smallest absolute Gasteiger partial charge is 0.414 e. The Kier molecular flexibility index (Phi) is 11.6. The van der Waals surface area contributed by atoms with Gasteiger partial charge >= 0.3 is 18.3 Å². The molecule has 4 N–H and O–H groups in total. The third-order valence-corrected chi connectivity index (χ3v) is 8.60. The third-order valence-electron chi connectivity index (χ3n) is 8.60. The maximum Gasteiger partial charge on any atom is 0.414 e. The maximum atomic E-state index is 13.8. The molecule has 2 aliphatic carbocycles. The van der Waals surface area contributed by atoms with Crippen molar-refractivity contribution < 1.29 is 33.4 Å². The molecule has 0 radical (unpaired) electrons. The second-order valence-corrected chi connectivity index (χ2v) is 15.1. The Bertz CT molecular complexity index is 1720. The van der Waals surface area contributed by atoms with Gasteiger partial charge in [-0.2, -0.15) is 0 Å². The predicted octanol–water partition coefficient (Wildman–Crippen LogP) is 6.36. The zero-order valence-corrected chi connectivity index (χ0v) is 30.8. The third kappa shape index (κ3) is 9.89. The molecule has 0 saturated heterocycles. The summed E-state index contributed by atoms with van der Waals surface area (Å²) in [5.41, 5.74) is 3.75. The van der Waals surface area contributed by atoms with Gasteiger partial charge in [-0.25, -0.2) is 14.4 Å². The number of amides is 4. The molecular weight excluding hydrogens is 662 g/mol. The van der Waals surface area contributed by atoms with E-state index in [0.29, 0.717) is 32.2 Å². The van der Waals surface area contributed by atoms with E-state index in [4.69, 9.17) is 14.2 Å². The van der Waals surface area contributed by atoms with Crippen LogP contribution in [0, 0.1) is 0 Å². The summed E-state index contributed by atoms with van der Waals surface area (Å²) >= 11 is 0. The van der Waals surface area contributed by atoms with E-state index < -0.39 is 35.0 Å². The van der Waals surface area contributed by atoms with Crippen LogP contribution in [0.25, 0.3) is 11.1 Å². The minimum Gasteiger partial charge on any atom is -0.449 e. The minimum atomic E-state index is -1.22. The molecule has 2 aliphatic rings. The molecule has 12 heteroatoms. The van der Waals surface area contributed by atoms with Crippen molar-refractivity contribution in [2.24, 2.45) is 4.99 Å². The van der Waals surface area contributed by atoms with Crippen LogP contribution < -0.4 is 21.3 Å². The quantitative estimate of drug-likeness (QED) is 0.0871. The van der Waals surface area contributed by atoms with Crippen LogP contribution in [0.15, 0.2) is 77.8 Å². The summed E-state index contributed by atoms with van der Waals surface area (Å²) in [6, 6.07) is 24.0. The lowest BCUT2D eigenvalue weighted by atomic mass is 9.94. The van der Waals surface area contributed by atoms with E-state index in [9.17, 15) is 19.2 Å². The minimum absolute atomic E-state index is 0.106. The Hall–Kier alpha value is -5.39. The lowest BCUT2D eigenvalue weighted by Gasteiger charge is -2.29. The van der Waals surface area contributed by atoms with Crippen LogP contribution in [0.5, 0.6) is 0 Å². The van der Waals surface area contributed by atoms with Crippen molar-refractivity contribution in [1.29, 1.82) is 0 Å². The Morgan fingerprint density at radius 2 is 1.21 bits per heavy atom. The van der Waals surface area contributed by atoms with Gasteiger partial charge in [-0.15, -0.1) is 0 Å². The Morgan fingerprint density at radius 3 is 1.73 bits per heavy atom. The van der Waals surface area contributed by atoms with E-state index >= 15 is 0 Å². The average molecular weight is 712 g/mol. The number of fused-ring (bicyclic) bond motifs is 4. The Balaban J connectivity index is 1.18. The second-order valence-electron chi connectivity index (χ2n) is 15.1. The highest BCUT2D eigenvalue weighted by atomic mass is 16.6. The van der Waals surface area contributed by atoms with Gasteiger partial charge in [-0.1, -0.05) is 72.8 Å². The van der Waals surface area contributed by atoms with Gasteiger partial charge in [0.2, 0.25) is 11.9 Å². The number of unbranched alkanes of at least 4 members (excludes halogenated alkanes) is 1. The van der Waals surface area contributed by atoms with E-state index in [-0.39, 0.29) is 30.9 Å². The largest absolute Gasteiger partial charge is 0.449 e. The number of nitrogens with one attached hydrogen (secondary N) is 4. The van der Waals surface area contributed by atoms with Crippen molar-refractivity contribution >= 4 is 30.1 Å². The van der Waals surface area contributed by atoms with Gasteiger partial charge in [0.25, 0.3) is 0 Å². The number of carbonyl (C=O) groups excluding carboxylic acids is 4. The number of hydrogen-bond donors (Lipinski definition) is 4. The number of rotatable bonds is 9. The molecule has 0 unspecified atom stereocenters. The molecule has 5 rings (SSSR count). The fourth-order valence-electron chi connectivity index (χ4n) is 6.46. The van der Waals surface area contributed by atoms with Gasteiger partial charge < -0.3 is 24.8 Å². The highest BCUT2D eigenvalue weighted by Gasteiger charge is 2.45. The Labute approximate surface area is 305 Å². The maximum absolute atomic E-state index is 13.8. The topological polar surface area (TPSA) is 156 Å². The number of benzene rings is 3. The molecule has 0 aromatic heterocycles. The van der Waals surface area contributed by atoms with Crippen molar-refractivity contribution in [2.45, 2.75) is 89.9 Å². The zero-order valence-electron chi connectivity index (χ0n) is 30.8. The number of guanidine groups is 1. The van der Waals surface area contributed by atoms with Gasteiger partial charge in [0, 0.05) is 31.8 Å². The first-order valence-corrected chi connectivity index (χ1v) is 17.7. The first-order valence-electron chi connectivity index (χ1n) is 17.7. The van der Waals surface area contributed by atoms with Crippen LogP contribution in [-0.2, 0) is 31.8 Å². The van der Waals surface area contributed by atoms with Crippen molar-refractivity contribution in [2.75, 3.05) is 19.7 Å². The van der Waals surface area contributed by atoms with Crippen LogP contribution in [-0.4, -0.2) is 66.6 Å². The summed E-state index contributed by atoms with van der Waals surface area (Å²) in [4.78, 5) is 56.3. The van der Waals surface area contributed by atoms with Crippen LogP contribution in [0.2, 0.25) is 0 Å². The molecular formula is C40H49N5O7. The molecule has 0 saturated carbocycles. The molecule has 0 spiro atoms. The summed E-state index contributed by atoms with van der Waals surface area (Å²) in [7, 11) is 0. The van der Waals surface area contributed by atoms with E-state index in [0.717, 1.165) is 33.4 Å². The Morgan fingerprint density at radius 1 is 0.712 bits per heavy atom. The van der Waals surface area contributed by atoms with Crippen molar-refractivity contribution in [3.8, 4) is 11.1 Å². The first-order chi connectivity index (χ1) is 24.6. The number of alkyl carbamates (subject to hydrolysis) is 3. The molecule has 0 fully saturated rings. The van der Waals surface area contributed by atoms with Gasteiger partial charge in [0.1, 0.15) is 23.3 Å². The average Bonchev–Trinajstić information content (AvgIpc) is 3.59. The van der Waals surface area contributed by atoms with Gasteiger partial charge in [-0.3, -0.25) is 20.4 Å². The van der Waals surface area contributed by atoms with Crippen LogP contribution in [0.1, 0.15) is 82.6 Å².